The van der Waals surface area contributed by atoms with Gasteiger partial charge in [0.15, 0.2) is 0 Å². The molecule has 0 bridgehead atoms. The lowest BCUT2D eigenvalue weighted by molar-refractivity contribution is 0.0728. The van der Waals surface area contributed by atoms with Crippen LogP contribution in [0.1, 0.15) is 34.3 Å². The number of hydrogen-bond acceptors (Lipinski definition) is 4. The van der Waals surface area contributed by atoms with Gasteiger partial charge in [-0.2, -0.15) is 0 Å². The Kier molecular flexibility index (Phi) is 7.10. The van der Waals surface area contributed by atoms with Gasteiger partial charge >= 0.3 is 0 Å². The van der Waals surface area contributed by atoms with Gasteiger partial charge in [-0.15, -0.1) is 0 Å². The first-order chi connectivity index (χ1) is 15.0. The zero-order valence-electron chi connectivity index (χ0n) is 17.8. The quantitative estimate of drug-likeness (QED) is 0.683. The second-order valence-corrected chi connectivity index (χ2v) is 8.78. The summed E-state index contributed by atoms with van der Waals surface area (Å²) in [5, 5.41) is 0.340. The number of ether oxygens (including phenoxy) is 2. The van der Waals surface area contributed by atoms with E-state index in [0.29, 0.717) is 30.6 Å². The summed E-state index contributed by atoms with van der Waals surface area (Å²) in [4.78, 5) is 17.1. The molecule has 31 heavy (non-hydrogen) atoms. The fourth-order valence-corrected chi connectivity index (χ4v) is 4.65. The van der Waals surface area contributed by atoms with Crippen molar-refractivity contribution in [3.05, 3.63) is 63.9 Å². The molecule has 2 aromatic carbocycles. The molecule has 0 spiro atoms. The minimum atomic E-state index is -0.566. The van der Waals surface area contributed by atoms with Crippen LogP contribution in [0.2, 0.25) is 5.02 Å². The SMILES string of the molecule is COCC1CCCN(Cc2ccc3c(c2)CN(C(=O)c2cc(Cl)ccc2F)CCO3)C1. The van der Waals surface area contributed by atoms with Gasteiger partial charge in [0.05, 0.1) is 18.7 Å². The lowest BCUT2D eigenvalue weighted by atomic mass is 9.98. The molecule has 166 valence electrons. The van der Waals surface area contributed by atoms with E-state index in [1.807, 2.05) is 6.07 Å². The number of carbonyl (C=O) groups excluding carboxylic acids is 1. The number of benzene rings is 2. The van der Waals surface area contributed by atoms with Crippen LogP contribution < -0.4 is 4.74 Å². The van der Waals surface area contributed by atoms with E-state index in [4.69, 9.17) is 21.1 Å². The Labute approximate surface area is 187 Å². The summed E-state index contributed by atoms with van der Waals surface area (Å²) in [5.41, 5.74) is 2.12. The van der Waals surface area contributed by atoms with Crippen molar-refractivity contribution in [2.75, 3.05) is 40.0 Å². The molecule has 2 heterocycles. The van der Waals surface area contributed by atoms with Gasteiger partial charge in [-0.25, -0.2) is 4.39 Å². The van der Waals surface area contributed by atoms with Crippen molar-refractivity contribution in [2.45, 2.75) is 25.9 Å². The van der Waals surface area contributed by atoms with E-state index in [2.05, 4.69) is 17.0 Å². The number of amides is 1. The first-order valence-electron chi connectivity index (χ1n) is 10.7. The van der Waals surface area contributed by atoms with E-state index in [1.54, 1.807) is 12.0 Å². The molecular formula is C24H28ClFN2O3. The largest absolute Gasteiger partial charge is 0.491 e. The molecule has 0 aromatic heterocycles. The lowest BCUT2D eigenvalue weighted by Gasteiger charge is -2.32. The summed E-state index contributed by atoms with van der Waals surface area (Å²) in [7, 11) is 1.76. The number of piperidine rings is 1. The van der Waals surface area contributed by atoms with Crippen LogP contribution in [0.5, 0.6) is 5.75 Å². The van der Waals surface area contributed by atoms with E-state index in [-0.39, 0.29) is 11.5 Å². The number of fused-ring (bicyclic) bond motifs is 1. The number of likely N-dealkylation sites (tertiary alicyclic amines) is 1. The van der Waals surface area contributed by atoms with Crippen LogP contribution in [0, 0.1) is 11.7 Å². The fraction of sp³-hybridized carbons (Fsp3) is 0.458. The predicted octanol–water partition coefficient (Wildman–Crippen LogP) is 4.37. The van der Waals surface area contributed by atoms with Crippen LogP contribution in [-0.2, 0) is 17.8 Å². The smallest absolute Gasteiger partial charge is 0.257 e. The highest BCUT2D eigenvalue weighted by atomic mass is 35.5. The van der Waals surface area contributed by atoms with Crippen molar-refractivity contribution >= 4 is 17.5 Å². The van der Waals surface area contributed by atoms with Crippen molar-refractivity contribution in [1.82, 2.24) is 9.80 Å². The number of hydrogen-bond donors (Lipinski definition) is 0. The summed E-state index contributed by atoms with van der Waals surface area (Å²) in [6, 6.07) is 10.2. The van der Waals surface area contributed by atoms with Crippen LogP contribution in [-0.4, -0.2) is 55.7 Å². The predicted molar refractivity (Wildman–Crippen MR) is 118 cm³/mol. The summed E-state index contributed by atoms with van der Waals surface area (Å²) in [6.45, 7) is 4.88. The maximum absolute atomic E-state index is 14.2. The lowest BCUT2D eigenvalue weighted by Crippen LogP contribution is -2.36. The molecule has 1 amide bonds. The minimum absolute atomic E-state index is 0.00962. The summed E-state index contributed by atoms with van der Waals surface area (Å²) in [6.07, 6.45) is 2.38. The maximum atomic E-state index is 14.2. The molecule has 2 aromatic rings. The number of methoxy groups -OCH3 is 1. The van der Waals surface area contributed by atoms with Gasteiger partial charge in [0.1, 0.15) is 18.2 Å². The third-order valence-corrected chi connectivity index (χ3v) is 6.20. The van der Waals surface area contributed by atoms with Crippen molar-refractivity contribution in [1.29, 1.82) is 0 Å². The highest BCUT2D eigenvalue weighted by Crippen LogP contribution is 2.27. The van der Waals surface area contributed by atoms with Crippen molar-refractivity contribution < 1.29 is 18.7 Å². The summed E-state index contributed by atoms with van der Waals surface area (Å²) < 4.78 is 25.4. The Morgan fingerprint density at radius 3 is 2.97 bits per heavy atom. The van der Waals surface area contributed by atoms with Crippen LogP contribution >= 0.6 is 11.6 Å². The van der Waals surface area contributed by atoms with Crippen molar-refractivity contribution in [2.24, 2.45) is 5.92 Å². The first-order valence-corrected chi connectivity index (χ1v) is 11.1. The third kappa shape index (κ3) is 5.37. The van der Waals surface area contributed by atoms with Crippen LogP contribution in [0.15, 0.2) is 36.4 Å². The monoisotopic (exact) mass is 446 g/mol. The zero-order chi connectivity index (χ0) is 21.8. The first kappa shape index (κ1) is 22.1. The summed E-state index contributed by atoms with van der Waals surface area (Å²) >= 11 is 5.98. The molecule has 1 fully saturated rings. The maximum Gasteiger partial charge on any atom is 0.257 e. The number of nitrogens with zero attached hydrogens (tertiary/aromatic N) is 2. The Morgan fingerprint density at radius 2 is 2.13 bits per heavy atom. The van der Waals surface area contributed by atoms with Gasteiger partial charge in [0.25, 0.3) is 5.91 Å². The van der Waals surface area contributed by atoms with Gasteiger partial charge in [-0.1, -0.05) is 17.7 Å². The molecule has 1 saturated heterocycles. The van der Waals surface area contributed by atoms with Gasteiger partial charge in [-0.05, 0) is 61.2 Å². The van der Waals surface area contributed by atoms with Crippen LogP contribution in [0.4, 0.5) is 4.39 Å². The Balaban J connectivity index is 1.49. The topological polar surface area (TPSA) is 42.0 Å². The molecule has 5 nitrogen and oxygen atoms in total. The molecular weight excluding hydrogens is 419 g/mol. The van der Waals surface area contributed by atoms with Gasteiger partial charge < -0.3 is 14.4 Å². The summed E-state index contributed by atoms with van der Waals surface area (Å²) in [5.74, 6) is 0.412. The zero-order valence-corrected chi connectivity index (χ0v) is 18.5. The molecule has 0 aliphatic carbocycles. The van der Waals surface area contributed by atoms with Gasteiger partial charge in [0.2, 0.25) is 0 Å². The average molecular weight is 447 g/mol. The van der Waals surface area contributed by atoms with E-state index >= 15 is 0 Å². The Bertz CT molecular complexity index is 937. The average Bonchev–Trinajstić information content (AvgIpc) is 2.97. The standard InChI is InChI=1S/C24H28ClFN2O3/c1-30-16-18-3-2-8-27(14-18)13-17-4-7-23-19(11-17)15-28(9-10-31-23)24(29)21-12-20(25)5-6-22(21)26/h4-7,11-12,18H,2-3,8-10,13-16H2,1H3. The number of carbonyl (C=O) groups is 1. The van der Waals surface area contributed by atoms with Crippen molar-refractivity contribution in [3.63, 3.8) is 0 Å². The van der Waals surface area contributed by atoms with E-state index in [1.165, 1.54) is 36.6 Å². The molecule has 2 aliphatic rings. The Hall–Kier alpha value is -2.15. The van der Waals surface area contributed by atoms with Crippen LogP contribution in [0.25, 0.3) is 0 Å². The van der Waals surface area contributed by atoms with Crippen LogP contribution in [0.3, 0.4) is 0 Å². The highest BCUT2D eigenvalue weighted by molar-refractivity contribution is 6.31. The third-order valence-electron chi connectivity index (χ3n) is 5.96. The molecule has 2 aliphatic heterocycles. The molecule has 1 atom stereocenters. The van der Waals surface area contributed by atoms with E-state index in [0.717, 1.165) is 37.6 Å². The van der Waals surface area contributed by atoms with Crippen molar-refractivity contribution in [3.8, 4) is 5.75 Å². The Morgan fingerprint density at radius 1 is 1.26 bits per heavy atom. The highest BCUT2D eigenvalue weighted by Gasteiger charge is 2.25. The molecule has 7 heteroatoms. The number of rotatable bonds is 5. The van der Waals surface area contributed by atoms with E-state index in [9.17, 15) is 9.18 Å². The molecule has 4 rings (SSSR count). The minimum Gasteiger partial charge on any atom is -0.491 e. The molecule has 0 N–H and O–H groups in total. The van der Waals surface area contributed by atoms with E-state index < -0.39 is 5.82 Å². The van der Waals surface area contributed by atoms with Gasteiger partial charge in [-0.3, -0.25) is 9.69 Å². The number of halogens is 2. The molecule has 1 unspecified atom stereocenters. The fourth-order valence-electron chi connectivity index (χ4n) is 4.48. The second-order valence-electron chi connectivity index (χ2n) is 8.34. The molecule has 0 saturated carbocycles. The molecule has 0 radical (unpaired) electrons. The second kappa shape index (κ2) is 9.98. The van der Waals surface area contributed by atoms with Gasteiger partial charge in [0, 0.05) is 37.3 Å². The normalized spacial score (nSPS) is 19.5.